The second kappa shape index (κ2) is 6.18. The van der Waals surface area contributed by atoms with Crippen LogP contribution in [-0.2, 0) is 16.0 Å². The highest BCUT2D eigenvalue weighted by molar-refractivity contribution is 7.13. The van der Waals surface area contributed by atoms with Crippen molar-refractivity contribution in [2.45, 2.75) is 25.4 Å². The van der Waals surface area contributed by atoms with Gasteiger partial charge in [0.2, 0.25) is 0 Å². The van der Waals surface area contributed by atoms with E-state index in [9.17, 15) is 4.79 Å². The molecule has 1 aromatic carbocycles. The first kappa shape index (κ1) is 14.5. The average Bonchev–Trinajstić information content (AvgIpc) is 3.27. The molecule has 1 fully saturated rings. The zero-order valence-electron chi connectivity index (χ0n) is 12.6. The number of benzene rings is 1. The molecule has 116 valence electrons. The third kappa shape index (κ3) is 3.02. The molecule has 1 atom stereocenters. The standard InChI is InChI=1S/C18H16N2O2S/c21-16(17-2-1-5-22-17)8-15-7-14-6-12(18-10-19-11-23-18)3-4-13(14)9-20-15/h3-4,6-7,9-11,17H,1-2,5,8H2/t17-/m1/s1. The number of hydrogen-bond donors (Lipinski definition) is 0. The van der Waals surface area contributed by atoms with Crippen LogP contribution in [0, 0.1) is 0 Å². The summed E-state index contributed by atoms with van der Waals surface area (Å²) in [6.07, 6.45) is 5.61. The molecule has 0 N–H and O–H groups in total. The highest BCUT2D eigenvalue weighted by Gasteiger charge is 2.23. The molecule has 4 rings (SSSR count). The van der Waals surface area contributed by atoms with Crippen molar-refractivity contribution in [1.29, 1.82) is 0 Å². The topological polar surface area (TPSA) is 52.1 Å². The number of nitrogens with zero attached hydrogens (tertiary/aromatic N) is 2. The minimum atomic E-state index is -0.240. The molecule has 0 bridgehead atoms. The molecule has 1 aliphatic rings. The number of carbonyl (C=O) groups is 1. The van der Waals surface area contributed by atoms with Crippen LogP contribution in [0.25, 0.3) is 21.2 Å². The number of hydrogen-bond acceptors (Lipinski definition) is 5. The van der Waals surface area contributed by atoms with E-state index in [0.717, 1.165) is 39.7 Å². The third-order valence-electron chi connectivity index (χ3n) is 4.14. The van der Waals surface area contributed by atoms with Crippen molar-refractivity contribution in [1.82, 2.24) is 9.97 Å². The second-order valence-corrected chi connectivity index (χ2v) is 6.63. The SMILES string of the molecule is O=C(Cc1cc2cc(-c3cncs3)ccc2cn1)[C@H]1CCCO1. The Balaban J connectivity index is 1.62. The molecule has 2 aromatic heterocycles. The fourth-order valence-corrected chi connectivity index (χ4v) is 3.54. The number of ether oxygens (including phenoxy) is 1. The molecular weight excluding hydrogens is 308 g/mol. The lowest BCUT2D eigenvalue weighted by Crippen LogP contribution is -2.21. The van der Waals surface area contributed by atoms with Gasteiger partial charge in [0.05, 0.1) is 16.8 Å². The van der Waals surface area contributed by atoms with Crippen LogP contribution in [0.4, 0.5) is 0 Å². The summed E-state index contributed by atoms with van der Waals surface area (Å²) in [7, 11) is 0. The number of ketones is 1. The van der Waals surface area contributed by atoms with Gasteiger partial charge in [-0.2, -0.15) is 0 Å². The zero-order valence-corrected chi connectivity index (χ0v) is 13.4. The van der Waals surface area contributed by atoms with Crippen LogP contribution in [0.2, 0.25) is 0 Å². The maximum Gasteiger partial charge on any atom is 0.167 e. The number of carbonyl (C=O) groups excluding carboxylic acids is 1. The lowest BCUT2D eigenvalue weighted by Gasteiger charge is -2.08. The van der Waals surface area contributed by atoms with Gasteiger partial charge in [-0.05, 0) is 35.9 Å². The number of pyridine rings is 1. The molecule has 0 saturated carbocycles. The maximum absolute atomic E-state index is 12.2. The number of fused-ring (bicyclic) bond motifs is 1. The summed E-state index contributed by atoms with van der Waals surface area (Å²) in [6, 6.07) is 8.27. The Hall–Kier alpha value is -2.11. The first-order valence-corrected chi connectivity index (χ1v) is 8.59. The van der Waals surface area contributed by atoms with E-state index in [2.05, 4.69) is 28.2 Å². The predicted molar refractivity (Wildman–Crippen MR) is 90.5 cm³/mol. The number of rotatable bonds is 4. The largest absolute Gasteiger partial charge is 0.370 e. The zero-order chi connectivity index (χ0) is 15.6. The molecule has 0 spiro atoms. The van der Waals surface area contributed by atoms with E-state index in [0.29, 0.717) is 13.0 Å². The average molecular weight is 324 g/mol. The van der Waals surface area contributed by atoms with Gasteiger partial charge in [0, 0.05) is 30.1 Å². The molecule has 1 saturated heterocycles. The maximum atomic E-state index is 12.2. The van der Waals surface area contributed by atoms with Crippen LogP contribution in [0.1, 0.15) is 18.5 Å². The summed E-state index contributed by atoms with van der Waals surface area (Å²) in [5.41, 5.74) is 3.78. The van der Waals surface area contributed by atoms with Gasteiger partial charge in [0.1, 0.15) is 6.10 Å². The molecule has 0 unspecified atom stereocenters. The smallest absolute Gasteiger partial charge is 0.167 e. The Morgan fingerprint density at radius 2 is 2.22 bits per heavy atom. The van der Waals surface area contributed by atoms with Gasteiger partial charge in [-0.1, -0.05) is 12.1 Å². The molecule has 3 heterocycles. The molecule has 23 heavy (non-hydrogen) atoms. The molecule has 0 aliphatic carbocycles. The normalized spacial score (nSPS) is 17.7. The van der Waals surface area contributed by atoms with E-state index in [4.69, 9.17) is 4.74 Å². The van der Waals surface area contributed by atoms with Crippen molar-refractivity contribution >= 4 is 27.9 Å². The first-order chi connectivity index (χ1) is 11.3. The van der Waals surface area contributed by atoms with Gasteiger partial charge < -0.3 is 4.74 Å². The number of aromatic nitrogens is 2. The summed E-state index contributed by atoms with van der Waals surface area (Å²) in [5, 5.41) is 2.17. The van der Waals surface area contributed by atoms with E-state index >= 15 is 0 Å². The lowest BCUT2D eigenvalue weighted by atomic mass is 10.0. The van der Waals surface area contributed by atoms with Crippen molar-refractivity contribution < 1.29 is 9.53 Å². The van der Waals surface area contributed by atoms with E-state index in [1.807, 2.05) is 24.0 Å². The van der Waals surface area contributed by atoms with Gasteiger partial charge in [0.25, 0.3) is 0 Å². The summed E-state index contributed by atoms with van der Waals surface area (Å²) in [6.45, 7) is 0.694. The molecular formula is C18H16N2O2S. The monoisotopic (exact) mass is 324 g/mol. The Bertz CT molecular complexity index is 839. The predicted octanol–water partition coefficient (Wildman–Crippen LogP) is 3.65. The van der Waals surface area contributed by atoms with Crippen molar-refractivity contribution in [3.05, 3.63) is 47.9 Å². The van der Waals surface area contributed by atoms with Gasteiger partial charge in [-0.15, -0.1) is 11.3 Å². The van der Waals surface area contributed by atoms with Crippen molar-refractivity contribution in [2.24, 2.45) is 0 Å². The van der Waals surface area contributed by atoms with E-state index in [1.165, 1.54) is 0 Å². The Morgan fingerprint density at radius 1 is 1.26 bits per heavy atom. The number of Topliss-reactive ketones (excluding diaryl/α,β-unsaturated/α-hetero) is 1. The third-order valence-corrected chi connectivity index (χ3v) is 4.96. The summed E-state index contributed by atoms with van der Waals surface area (Å²) in [4.78, 5) is 21.9. The highest BCUT2D eigenvalue weighted by atomic mass is 32.1. The summed E-state index contributed by atoms with van der Waals surface area (Å²) in [5.74, 6) is 0.132. The molecule has 0 radical (unpaired) electrons. The van der Waals surface area contributed by atoms with Crippen LogP contribution in [0.5, 0.6) is 0 Å². The first-order valence-electron chi connectivity index (χ1n) is 7.71. The molecule has 0 amide bonds. The highest BCUT2D eigenvalue weighted by Crippen LogP contribution is 2.27. The summed E-state index contributed by atoms with van der Waals surface area (Å²) < 4.78 is 5.46. The second-order valence-electron chi connectivity index (χ2n) is 5.75. The van der Waals surface area contributed by atoms with E-state index in [1.54, 1.807) is 11.3 Å². The van der Waals surface area contributed by atoms with Gasteiger partial charge >= 0.3 is 0 Å². The van der Waals surface area contributed by atoms with Crippen molar-refractivity contribution in [3.63, 3.8) is 0 Å². The summed E-state index contributed by atoms with van der Waals surface area (Å²) >= 11 is 1.62. The molecule has 5 heteroatoms. The van der Waals surface area contributed by atoms with Crippen molar-refractivity contribution in [3.8, 4) is 10.4 Å². The van der Waals surface area contributed by atoms with Gasteiger partial charge in [-0.3, -0.25) is 14.8 Å². The van der Waals surface area contributed by atoms with Crippen molar-refractivity contribution in [2.75, 3.05) is 6.61 Å². The fourth-order valence-electron chi connectivity index (χ4n) is 2.92. The minimum absolute atomic E-state index is 0.132. The van der Waals surface area contributed by atoms with Crippen LogP contribution in [0.3, 0.4) is 0 Å². The fraction of sp³-hybridized carbons (Fsp3) is 0.278. The van der Waals surface area contributed by atoms with E-state index < -0.39 is 0 Å². The quantitative estimate of drug-likeness (QED) is 0.735. The van der Waals surface area contributed by atoms with Crippen LogP contribution in [0.15, 0.2) is 42.2 Å². The lowest BCUT2D eigenvalue weighted by molar-refractivity contribution is -0.127. The minimum Gasteiger partial charge on any atom is -0.370 e. The Labute approximate surface area is 138 Å². The van der Waals surface area contributed by atoms with Crippen LogP contribution in [-0.4, -0.2) is 28.5 Å². The molecule has 4 nitrogen and oxygen atoms in total. The van der Waals surface area contributed by atoms with Crippen LogP contribution >= 0.6 is 11.3 Å². The molecule has 3 aromatic rings. The Morgan fingerprint density at radius 3 is 3.00 bits per heavy atom. The Kier molecular flexibility index (Phi) is 3.89. The van der Waals surface area contributed by atoms with Crippen LogP contribution < -0.4 is 0 Å². The number of thiazole rings is 1. The van der Waals surface area contributed by atoms with Gasteiger partial charge in [-0.25, -0.2) is 0 Å². The molecule has 1 aliphatic heterocycles. The van der Waals surface area contributed by atoms with E-state index in [-0.39, 0.29) is 11.9 Å². The van der Waals surface area contributed by atoms with Gasteiger partial charge in [0.15, 0.2) is 5.78 Å².